The number of likely N-dealkylation sites (tertiary alicyclic amines) is 1. The topological polar surface area (TPSA) is 62.7 Å². The van der Waals surface area contributed by atoms with Crippen molar-refractivity contribution in [2.75, 3.05) is 19.7 Å². The Morgan fingerprint density at radius 1 is 1.13 bits per heavy atom. The van der Waals surface area contributed by atoms with Gasteiger partial charge in [0.25, 0.3) is 5.91 Å². The van der Waals surface area contributed by atoms with Crippen LogP contribution >= 0.6 is 22.9 Å². The van der Waals surface area contributed by atoms with Crippen molar-refractivity contribution in [2.24, 2.45) is 5.92 Å². The Bertz CT molecular complexity index is 1300. The van der Waals surface area contributed by atoms with E-state index in [0.717, 1.165) is 17.7 Å². The third kappa shape index (κ3) is 8.03. The zero-order chi connectivity index (χ0) is 28.0. The number of carbonyl (C=O) groups excluding carboxylic acids is 2. The van der Waals surface area contributed by atoms with Gasteiger partial charge in [0.05, 0.1) is 24.6 Å². The van der Waals surface area contributed by atoms with Crippen LogP contribution < -0.4 is 0 Å². The van der Waals surface area contributed by atoms with Crippen molar-refractivity contribution >= 4 is 34.8 Å². The summed E-state index contributed by atoms with van der Waals surface area (Å²) in [5, 5.41) is 2.91. The van der Waals surface area contributed by atoms with Crippen molar-refractivity contribution in [2.45, 2.75) is 45.6 Å². The molecule has 0 N–H and O–H groups in total. The van der Waals surface area contributed by atoms with Crippen LogP contribution in [0.3, 0.4) is 0 Å². The average molecular weight is 580 g/mol. The van der Waals surface area contributed by atoms with E-state index >= 15 is 0 Å². The highest BCUT2D eigenvalue weighted by molar-refractivity contribution is 7.09. The maximum absolute atomic E-state index is 13.3. The van der Waals surface area contributed by atoms with Crippen molar-refractivity contribution < 1.29 is 27.5 Å². The van der Waals surface area contributed by atoms with Gasteiger partial charge in [-0.15, -0.1) is 11.3 Å². The number of thiazole rings is 1. The number of benzene rings is 2. The van der Waals surface area contributed by atoms with Gasteiger partial charge in [-0.1, -0.05) is 41.9 Å². The third-order valence-corrected chi connectivity index (χ3v) is 7.48. The Balaban J connectivity index is 1.49. The molecule has 1 fully saturated rings. The average Bonchev–Trinajstić information content (AvgIpc) is 3.36. The number of nitrogens with zero attached hydrogens (tertiary/aromatic N) is 3. The van der Waals surface area contributed by atoms with E-state index in [4.69, 9.17) is 16.3 Å². The van der Waals surface area contributed by atoms with Crippen molar-refractivity contribution in [3.63, 3.8) is 0 Å². The molecule has 3 aromatic rings. The minimum atomic E-state index is -4.43. The number of alkyl halides is 3. The van der Waals surface area contributed by atoms with Crippen LogP contribution in [0, 0.1) is 5.92 Å². The molecule has 1 amide bonds. The number of rotatable bonds is 9. The highest BCUT2D eigenvalue weighted by Gasteiger charge is 2.32. The van der Waals surface area contributed by atoms with Crippen molar-refractivity contribution in [3.8, 4) is 0 Å². The van der Waals surface area contributed by atoms with Gasteiger partial charge in [0.2, 0.25) is 0 Å². The molecule has 0 spiro atoms. The predicted molar refractivity (Wildman–Crippen MR) is 143 cm³/mol. The maximum atomic E-state index is 13.3. The van der Waals surface area contributed by atoms with Crippen molar-refractivity contribution in [3.05, 3.63) is 86.3 Å². The van der Waals surface area contributed by atoms with E-state index in [2.05, 4.69) is 4.98 Å². The summed E-state index contributed by atoms with van der Waals surface area (Å²) in [6.45, 7) is 3.87. The van der Waals surface area contributed by atoms with Gasteiger partial charge < -0.3 is 9.64 Å². The van der Waals surface area contributed by atoms with E-state index in [1.165, 1.54) is 17.4 Å². The highest BCUT2D eigenvalue weighted by Crippen LogP contribution is 2.30. The molecule has 39 heavy (non-hydrogen) atoms. The molecule has 2 aromatic carbocycles. The van der Waals surface area contributed by atoms with Gasteiger partial charge in [-0.3, -0.25) is 14.5 Å². The smallest absolute Gasteiger partial charge is 0.416 e. The number of esters is 1. The van der Waals surface area contributed by atoms with Crippen molar-refractivity contribution in [1.82, 2.24) is 14.8 Å². The Hall–Kier alpha value is -2.95. The number of hydrogen-bond donors (Lipinski definition) is 0. The molecule has 4 rings (SSSR count). The van der Waals surface area contributed by atoms with E-state index in [1.54, 1.807) is 29.3 Å². The molecule has 208 valence electrons. The standard InChI is InChI=1S/C28H29ClF3N3O3S/c1-2-38-27(37)21-8-5-11-35(16-21)26(36)24-18-39-25(33-24)17-34(15-20-7-4-10-23(29)13-20)14-19-6-3-9-22(12-19)28(30,31)32/h3-4,6-7,9-10,12-13,18,21H,2,5,8,11,14-17H2,1H3/t21-/m1/s1. The molecule has 2 heterocycles. The van der Waals surface area contributed by atoms with Gasteiger partial charge in [-0.05, 0) is 49.1 Å². The zero-order valence-electron chi connectivity index (χ0n) is 21.4. The molecule has 0 saturated carbocycles. The fourth-order valence-electron chi connectivity index (χ4n) is 4.61. The maximum Gasteiger partial charge on any atom is 0.416 e. The number of amides is 1. The van der Waals surface area contributed by atoms with E-state index in [0.29, 0.717) is 66.9 Å². The number of aromatic nitrogens is 1. The van der Waals surface area contributed by atoms with Gasteiger partial charge >= 0.3 is 12.1 Å². The molecule has 1 atom stereocenters. The number of piperidine rings is 1. The molecular weight excluding hydrogens is 551 g/mol. The first-order valence-electron chi connectivity index (χ1n) is 12.7. The summed E-state index contributed by atoms with van der Waals surface area (Å²) in [5.74, 6) is -0.882. The summed E-state index contributed by atoms with van der Waals surface area (Å²) in [6.07, 6.45) is -3.05. The van der Waals surface area contributed by atoms with E-state index in [9.17, 15) is 22.8 Å². The minimum Gasteiger partial charge on any atom is -0.466 e. The summed E-state index contributed by atoms with van der Waals surface area (Å²) in [6, 6.07) is 12.6. The van der Waals surface area contributed by atoms with Crippen molar-refractivity contribution in [1.29, 1.82) is 0 Å². The van der Waals surface area contributed by atoms with Gasteiger partial charge in [0, 0.05) is 36.6 Å². The highest BCUT2D eigenvalue weighted by atomic mass is 35.5. The molecule has 1 aliphatic rings. The number of ether oxygens (including phenoxy) is 1. The molecule has 6 nitrogen and oxygen atoms in total. The van der Waals surface area contributed by atoms with E-state index < -0.39 is 11.7 Å². The fourth-order valence-corrected chi connectivity index (χ4v) is 5.64. The normalized spacial score (nSPS) is 15.9. The van der Waals surface area contributed by atoms with Crippen LogP contribution in [0.1, 0.15) is 52.0 Å². The Kier molecular flexibility index (Phi) is 9.63. The second-order valence-corrected chi connectivity index (χ2v) is 10.8. The lowest BCUT2D eigenvalue weighted by Gasteiger charge is -2.31. The molecule has 0 unspecified atom stereocenters. The summed E-state index contributed by atoms with van der Waals surface area (Å²) >= 11 is 7.47. The Morgan fingerprint density at radius 2 is 1.85 bits per heavy atom. The molecule has 0 aliphatic carbocycles. The minimum absolute atomic E-state index is 0.243. The first-order chi connectivity index (χ1) is 18.6. The first kappa shape index (κ1) is 29.0. The van der Waals surface area contributed by atoms with Crippen LogP contribution in [0.25, 0.3) is 0 Å². The van der Waals surface area contributed by atoms with Crippen LogP contribution in [-0.2, 0) is 35.3 Å². The molecular formula is C28H29ClF3N3O3S. The number of carbonyl (C=O) groups is 2. The monoisotopic (exact) mass is 579 g/mol. The summed E-state index contributed by atoms with van der Waals surface area (Å²) < 4.78 is 45.0. The van der Waals surface area contributed by atoms with E-state index in [1.807, 2.05) is 23.1 Å². The van der Waals surface area contributed by atoms with Crippen LogP contribution in [0.2, 0.25) is 5.02 Å². The van der Waals surface area contributed by atoms with Crippen LogP contribution in [0.15, 0.2) is 53.9 Å². The third-order valence-electron chi connectivity index (χ3n) is 6.41. The summed E-state index contributed by atoms with van der Waals surface area (Å²) in [4.78, 5) is 33.5. The Morgan fingerprint density at radius 3 is 2.54 bits per heavy atom. The lowest BCUT2D eigenvalue weighted by atomic mass is 9.98. The lowest BCUT2D eigenvalue weighted by Crippen LogP contribution is -2.43. The predicted octanol–water partition coefficient (Wildman–Crippen LogP) is 6.43. The van der Waals surface area contributed by atoms with Crippen LogP contribution in [0.5, 0.6) is 0 Å². The van der Waals surface area contributed by atoms with Gasteiger partial charge in [0.1, 0.15) is 10.7 Å². The van der Waals surface area contributed by atoms with Crippen LogP contribution in [0.4, 0.5) is 13.2 Å². The summed E-state index contributed by atoms with van der Waals surface area (Å²) in [5.41, 5.74) is 1.01. The van der Waals surface area contributed by atoms with E-state index in [-0.39, 0.29) is 24.3 Å². The molecule has 1 saturated heterocycles. The molecule has 0 bridgehead atoms. The quantitative estimate of drug-likeness (QED) is 0.273. The van der Waals surface area contributed by atoms with Gasteiger partial charge in [-0.2, -0.15) is 13.2 Å². The van der Waals surface area contributed by atoms with Crippen LogP contribution in [-0.4, -0.2) is 46.4 Å². The molecule has 0 radical (unpaired) electrons. The second kappa shape index (κ2) is 12.9. The van der Waals surface area contributed by atoms with Gasteiger partial charge in [-0.25, -0.2) is 4.98 Å². The summed E-state index contributed by atoms with van der Waals surface area (Å²) in [7, 11) is 0. The largest absolute Gasteiger partial charge is 0.466 e. The Labute approximate surface area is 234 Å². The van der Waals surface area contributed by atoms with Gasteiger partial charge in [0.15, 0.2) is 0 Å². The molecule has 1 aliphatic heterocycles. The fraction of sp³-hybridized carbons (Fsp3) is 0.393. The number of hydrogen-bond acceptors (Lipinski definition) is 6. The number of halogens is 4. The lowest BCUT2D eigenvalue weighted by molar-refractivity contribution is -0.149. The SMILES string of the molecule is CCOC(=O)[C@@H]1CCCN(C(=O)c2csc(CN(Cc3cccc(Cl)c3)Cc3cccc(C(F)(F)F)c3)n2)C1. The molecule has 1 aromatic heterocycles. The molecule has 11 heteroatoms. The second-order valence-electron chi connectivity index (χ2n) is 9.44. The zero-order valence-corrected chi connectivity index (χ0v) is 23.0. The first-order valence-corrected chi connectivity index (χ1v) is 13.9.